The quantitative estimate of drug-likeness (QED) is 0.770. The van der Waals surface area contributed by atoms with E-state index in [1.54, 1.807) is 12.1 Å². The summed E-state index contributed by atoms with van der Waals surface area (Å²) in [7, 11) is 0. The second kappa shape index (κ2) is 5.59. The summed E-state index contributed by atoms with van der Waals surface area (Å²) in [4.78, 5) is 20.7. The molecule has 4 rings (SSSR count). The highest BCUT2D eigenvalue weighted by Crippen LogP contribution is 2.34. The molecule has 2 aromatic carbocycles. The molecule has 0 radical (unpaired) electrons. The molecule has 23 heavy (non-hydrogen) atoms. The summed E-state index contributed by atoms with van der Waals surface area (Å²) in [5, 5.41) is 0. The van der Waals surface area contributed by atoms with Crippen molar-refractivity contribution in [3.8, 4) is 11.4 Å². The first-order valence-corrected chi connectivity index (χ1v) is 8.43. The molecule has 5 heteroatoms. The molecule has 4 nitrogen and oxygen atoms in total. The fraction of sp³-hybridized carbons (Fsp3) is 0.111. The number of hydrogen-bond acceptors (Lipinski definition) is 3. The molecule has 0 spiro atoms. The van der Waals surface area contributed by atoms with Crippen LogP contribution in [0.2, 0.25) is 0 Å². The number of H-pyrrole nitrogens is 1. The van der Waals surface area contributed by atoms with Gasteiger partial charge in [-0.25, -0.2) is 4.98 Å². The molecule has 1 aliphatic rings. The Balaban J connectivity index is 1.74. The van der Waals surface area contributed by atoms with Crippen LogP contribution in [0.1, 0.15) is 22.3 Å². The van der Waals surface area contributed by atoms with E-state index < -0.39 is 5.91 Å². The van der Waals surface area contributed by atoms with Crippen LogP contribution in [-0.4, -0.2) is 21.6 Å². The third kappa shape index (κ3) is 2.53. The van der Waals surface area contributed by atoms with Crippen LogP contribution in [0.4, 0.5) is 0 Å². The van der Waals surface area contributed by atoms with Crippen LogP contribution in [-0.2, 0) is 0 Å². The number of primary amides is 1. The number of nitrogens with two attached hydrogens (primary N) is 1. The number of para-hydroxylation sites is 1. The molecule has 0 atom stereocenters. The van der Waals surface area contributed by atoms with Gasteiger partial charge in [-0.2, -0.15) is 0 Å². The summed E-state index contributed by atoms with van der Waals surface area (Å²) in [6, 6.07) is 13.7. The van der Waals surface area contributed by atoms with Gasteiger partial charge in [0.1, 0.15) is 11.3 Å². The van der Waals surface area contributed by atoms with E-state index in [2.05, 4.69) is 40.3 Å². The van der Waals surface area contributed by atoms with E-state index in [4.69, 9.17) is 5.73 Å². The molecule has 1 aromatic heterocycles. The Morgan fingerprint density at radius 2 is 1.91 bits per heavy atom. The zero-order valence-corrected chi connectivity index (χ0v) is 13.2. The summed E-state index contributed by atoms with van der Waals surface area (Å²) in [6.45, 7) is 0. The normalized spacial score (nSPS) is 14.2. The van der Waals surface area contributed by atoms with Crippen LogP contribution in [0.5, 0.6) is 0 Å². The Morgan fingerprint density at radius 3 is 2.61 bits per heavy atom. The topological polar surface area (TPSA) is 71.8 Å². The zero-order chi connectivity index (χ0) is 15.8. The minimum Gasteiger partial charge on any atom is -0.366 e. The lowest BCUT2D eigenvalue weighted by molar-refractivity contribution is 0.100. The van der Waals surface area contributed by atoms with E-state index in [0.29, 0.717) is 11.1 Å². The number of fused-ring (bicyclic) bond motifs is 1. The van der Waals surface area contributed by atoms with Gasteiger partial charge < -0.3 is 10.7 Å². The third-order valence-corrected chi connectivity index (χ3v) is 5.08. The Bertz CT molecular complexity index is 925. The summed E-state index contributed by atoms with van der Waals surface area (Å²) in [5.41, 5.74) is 9.52. The summed E-state index contributed by atoms with van der Waals surface area (Å²) in [5.74, 6) is 1.44. The fourth-order valence-electron chi connectivity index (χ4n) is 2.78. The van der Waals surface area contributed by atoms with Crippen LogP contribution in [0.25, 0.3) is 27.3 Å². The maximum Gasteiger partial charge on any atom is 0.250 e. The molecule has 2 heterocycles. The van der Waals surface area contributed by atoms with Gasteiger partial charge in [-0.1, -0.05) is 36.4 Å². The first-order chi connectivity index (χ1) is 11.2. The number of nitrogens with one attached hydrogen (secondary N) is 1. The van der Waals surface area contributed by atoms with Crippen LogP contribution in [0, 0.1) is 0 Å². The molecule has 0 fully saturated rings. The Labute approximate surface area is 137 Å². The Morgan fingerprint density at radius 1 is 1.13 bits per heavy atom. The van der Waals surface area contributed by atoms with E-state index in [0.717, 1.165) is 29.1 Å². The fourth-order valence-corrected chi connectivity index (χ4v) is 3.77. The average molecular weight is 321 g/mol. The predicted octanol–water partition coefficient (Wildman–Crippen LogP) is 3.81. The molecule has 1 amide bonds. The van der Waals surface area contributed by atoms with Crippen molar-refractivity contribution in [3.63, 3.8) is 0 Å². The smallest absolute Gasteiger partial charge is 0.250 e. The number of nitrogens with zero attached hydrogens (tertiary/aromatic N) is 1. The number of allylic oxidation sites excluding steroid dienone is 1. The highest BCUT2D eigenvalue weighted by atomic mass is 32.2. The number of thioether (sulfide) groups is 1. The number of aromatic nitrogens is 2. The SMILES string of the molecule is NC(=O)c1cccc2[nH]c(-c3ccc(C4=CCCS4)cc3)nc12. The lowest BCUT2D eigenvalue weighted by Crippen LogP contribution is -2.11. The van der Waals surface area contributed by atoms with Gasteiger partial charge in [-0.05, 0) is 24.1 Å². The molecule has 3 N–H and O–H groups in total. The second-order valence-corrected chi connectivity index (χ2v) is 6.57. The van der Waals surface area contributed by atoms with Gasteiger partial charge in [0.25, 0.3) is 5.91 Å². The van der Waals surface area contributed by atoms with Crippen molar-refractivity contribution in [2.45, 2.75) is 6.42 Å². The number of rotatable bonds is 3. The highest BCUT2D eigenvalue weighted by Gasteiger charge is 2.13. The lowest BCUT2D eigenvalue weighted by atomic mass is 10.1. The van der Waals surface area contributed by atoms with Crippen molar-refractivity contribution < 1.29 is 4.79 Å². The maximum absolute atomic E-state index is 11.5. The van der Waals surface area contributed by atoms with Gasteiger partial charge in [-0.15, -0.1) is 11.8 Å². The Hall–Kier alpha value is -2.53. The molecule has 3 aromatic rings. The predicted molar refractivity (Wildman–Crippen MR) is 95.1 cm³/mol. The Kier molecular flexibility index (Phi) is 3.42. The largest absolute Gasteiger partial charge is 0.366 e. The number of carbonyl (C=O) groups is 1. The van der Waals surface area contributed by atoms with Crippen LogP contribution >= 0.6 is 11.8 Å². The van der Waals surface area contributed by atoms with Crippen molar-refractivity contribution in [2.75, 3.05) is 5.75 Å². The average Bonchev–Trinajstić information content (AvgIpc) is 3.24. The minimum atomic E-state index is -0.464. The van der Waals surface area contributed by atoms with E-state index >= 15 is 0 Å². The number of imidazole rings is 1. The van der Waals surface area contributed by atoms with Crippen molar-refractivity contribution in [2.24, 2.45) is 5.73 Å². The maximum atomic E-state index is 11.5. The molecule has 1 aliphatic heterocycles. The van der Waals surface area contributed by atoms with Crippen LogP contribution < -0.4 is 5.73 Å². The molecule has 114 valence electrons. The number of benzene rings is 2. The molecule has 0 bridgehead atoms. The lowest BCUT2D eigenvalue weighted by Gasteiger charge is -2.02. The zero-order valence-electron chi connectivity index (χ0n) is 12.4. The van der Waals surface area contributed by atoms with Gasteiger partial charge in [0.05, 0.1) is 11.1 Å². The van der Waals surface area contributed by atoms with Crippen LogP contribution in [0.3, 0.4) is 0 Å². The van der Waals surface area contributed by atoms with Crippen molar-refractivity contribution >= 4 is 33.6 Å². The molecule has 0 aliphatic carbocycles. The molecule has 0 saturated heterocycles. The first-order valence-electron chi connectivity index (χ1n) is 7.45. The summed E-state index contributed by atoms with van der Waals surface area (Å²) in [6.07, 6.45) is 3.42. The number of hydrogen-bond donors (Lipinski definition) is 2. The second-order valence-electron chi connectivity index (χ2n) is 5.43. The van der Waals surface area contributed by atoms with E-state index in [1.807, 2.05) is 17.8 Å². The standard InChI is InChI=1S/C18H15N3OS/c19-17(22)13-3-1-4-14-16(13)21-18(20-14)12-8-6-11(7-9-12)15-5-2-10-23-15/h1,3-9H,2,10H2,(H2,19,22)(H,20,21). The van der Waals surface area contributed by atoms with E-state index in [9.17, 15) is 4.79 Å². The van der Waals surface area contributed by atoms with Gasteiger partial charge in [-0.3, -0.25) is 4.79 Å². The molecule has 0 unspecified atom stereocenters. The monoisotopic (exact) mass is 321 g/mol. The number of aromatic amines is 1. The highest BCUT2D eigenvalue weighted by molar-refractivity contribution is 8.08. The van der Waals surface area contributed by atoms with Crippen LogP contribution in [0.15, 0.2) is 48.5 Å². The van der Waals surface area contributed by atoms with Crippen molar-refractivity contribution in [3.05, 3.63) is 59.7 Å². The first kappa shape index (κ1) is 14.1. The molecular weight excluding hydrogens is 306 g/mol. The van der Waals surface area contributed by atoms with Crippen molar-refractivity contribution in [1.82, 2.24) is 9.97 Å². The summed E-state index contributed by atoms with van der Waals surface area (Å²) >= 11 is 1.89. The van der Waals surface area contributed by atoms with Gasteiger partial charge in [0, 0.05) is 16.2 Å². The molecular formula is C18H15N3OS. The minimum absolute atomic E-state index is 0.439. The molecule has 0 saturated carbocycles. The number of amides is 1. The third-order valence-electron chi connectivity index (χ3n) is 3.93. The van der Waals surface area contributed by atoms with E-state index in [1.165, 1.54) is 10.5 Å². The van der Waals surface area contributed by atoms with Gasteiger partial charge in [0.2, 0.25) is 0 Å². The van der Waals surface area contributed by atoms with Gasteiger partial charge >= 0.3 is 0 Å². The summed E-state index contributed by atoms with van der Waals surface area (Å²) < 4.78 is 0. The number of carbonyl (C=O) groups excluding carboxylic acids is 1. The van der Waals surface area contributed by atoms with Crippen molar-refractivity contribution in [1.29, 1.82) is 0 Å². The van der Waals surface area contributed by atoms with Gasteiger partial charge in [0.15, 0.2) is 0 Å². The van der Waals surface area contributed by atoms with E-state index in [-0.39, 0.29) is 0 Å².